The van der Waals surface area contributed by atoms with Gasteiger partial charge in [-0.3, -0.25) is 9.36 Å². The van der Waals surface area contributed by atoms with E-state index in [1.165, 1.54) is 9.47 Å². The molecule has 1 fully saturated rings. The van der Waals surface area contributed by atoms with Gasteiger partial charge in [0.15, 0.2) is 11.7 Å². The van der Waals surface area contributed by atoms with Crippen LogP contribution in [0.2, 0.25) is 0 Å². The minimum atomic E-state index is -0.892. The summed E-state index contributed by atoms with van der Waals surface area (Å²) in [4.78, 5) is 38.7. The maximum Gasteiger partial charge on any atom is 0.419 e. The van der Waals surface area contributed by atoms with Gasteiger partial charge >= 0.3 is 11.8 Å². The molecule has 10 heteroatoms. The number of nitriles is 1. The number of carbonyl (C=O) groups excluding carboxylic acids is 2. The number of benzene rings is 2. The molecule has 4 rings (SSSR count). The summed E-state index contributed by atoms with van der Waals surface area (Å²) in [7, 11) is 1.66. The first-order valence-electron chi connectivity index (χ1n) is 12.5. The molecule has 2 amide bonds. The first-order valence-corrected chi connectivity index (χ1v) is 12.5. The molecule has 0 bridgehead atoms. The number of aromatic nitrogens is 1. The lowest BCUT2D eigenvalue weighted by Crippen LogP contribution is -2.48. The van der Waals surface area contributed by atoms with Gasteiger partial charge in [-0.2, -0.15) is 5.26 Å². The van der Waals surface area contributed by atoms with Crippen LogP contribution in [0, 0.1) is 11.3 Å². The van der Waals surface area contributed by atoms with Crippen LogP contribution < -0.4 is 11.1 Å². The van der Waals surface area contributed by atoms with Crippen LogP contribution in [0.5, 0.6) is 0 Å². The van der Waals surface area contributed by atoms with E-state index in [4.69, 9.17) is 13.9 Å². The molecule has 2 aromatic carbocycles. The van der Waals surface area contributed by atoms with E-state index in [0.29, 0.717) is 37.1 Å². The molecule has 2 atom stereocenters. The molecule has 0 spiro atoms. The van der Waals surface area contributed by atoms with Gasteiger partial charge < -0.3 is 24.1 Å². The molecule has 3 aromatic rings. The number of nitrogens with zero attached hydrogens (tertiary/aromatic N) is 3. The largest absolute Gasteiger partial charge is 0.444 e. The fourth-order valence-electron chi connectivity index (χ4n) is 4.24. The molecule has 1 aliphatic rings. The van der Waals surface area contributed by atoms with E-state index in [-0.39, 0.29) is 6.54 Å². The Kier molecular flexibility index (Phi) is 7.88. The van der Waals surface area contributed by atoms with Crippen molar-refractivity contribution in [2.24, 2.45) is 7.05 Å². The number of carbonyl (C=O) groups is 2. The summed E-state index contributed by atoms with van der Waals surface area (Å²) < 4.78 is 17.8. The van der Waals surface area contributed by atoms with Gasteiger partial charge in [0.05, 0.1) is 18.1 Å². The molecule has 38 heavy (non-hydrogen) atoms. The Morgan fingerprint density at radius 2 is 1.89 bits per heavy atom. The Bertz CT molecular complexity index is 1410. The summed E-state index contributed by atoms with van der Waals surface area (Å²) in [6, 6.07) is 14.6. The Morgan fingerprint density at radius 3 is 2.58 bits per heavy atom. The number of hydrogen-bond donors (Lipinski definition) is 1. The molecule has 1 N–H and O–H groups in total. The quantitative estimate of drug-likeness (QED) is 0.546. The molecule has 10 nitrogen and oxygen atoms in total. The highest BCUT2D eigenvalue weighted by Crippen LogP contribution is 2.24. The number of ether oxygens (including phenoxy) is 2. The average Bonchev–Trinajstić information content (AvgIpc) is 3.03. The van der Waals surface area contributed by atoms with Crippen LogP contribution in [0.3, 0.4) is 0 Å². The molecular weight excluding hydrogens is 488 g/mol. The van der Waals surface area contributed by atoms with E-state index in [9.17, 15) is 19.6 Å². The van der Waals surface area contributed by atoms with Crippen molar-refractivity contribution in [3.63, 3.8) is 0 Å². The fraction of sp³-hybridized carbons (Fsp3) is 0.429. The summed E-state index contributed by atoms with van der Waals surface area (Å²) in [6.45, 7) is 6.17. The predicted octanol–water partition coefficient (Wildman–Crippen LogP) is 3.38. The second kappa shape index (κ2) is 11.1. The normalized spacial score (nSPS) is 16.9. The van der Waals surface area contributed by atoms with Crippen LogP contribution in [0.15, 0.2) is 51.7 Å². The van der Waals surface area contributed by atoms with Crippen molar-refractivity contribution in [2.75, 3.05) is 19.7 Å². The van der Waals surface area contributed by atoms with Crippen molar-refractivity contribution >= 4 is 23.1 Å². The number of amides is 2. The number of hydrogen-bond acceptors (Lipinski definition) is 7. The zero-order valence-corrected chi connectivity index (χ0v) is 22.0. The maximum absolute atomic E-state index is 12.9. The zero-order chi connectivity index (χ0) is 27.4. The lowest BCUT2D eigenvalue weighted by molar-refractivity contribution is -0.133. The number of oxazole rings is 1. The molecule has 2 heterocycles. The summed E-state index contributed by atoms with van der Waals surface area (Å²) >= 11 is 0. The fourth-order valence-corrected chi connectivity index (χ4v) is 4.24. The third-order valence-corrected chi connectivity index (χ3v) is 6.21. The van der Waals surface area contributed by atoms with Crippen molar-refractivity contribution in [3.05, 3.63) is 58.6 Å². The minimum absolute atomic E-state index is 0.0557. The highest BCUT2D eigenvalue weighted by molar-refractivity contribution is 5.83. The summed E-state index contributed by atoms with van der Waals surface area (Å²) in [5.74, 6) is -0.855. The van der Waals surface area contributed by atoms with Gasteiger partial charge in [-0.25, -0.2) is 9.59 Å². The molecule has 1 aromatic heterocycles. The van der Waals surface area contributed by atoms with E-state index in [1.807, 2.05) is 36.4 Å². The monoisotopic (exact) mass is 520 g/mol. The molecule has 0 radical (unpaired) electrons. The van der Waals surface area contributed by atoms with Crippen LogP contribution in [-0.2, 0) is 27.7 Å². The third-order valence-electron chi connectivity index (χ3n) is 6.21. The first-order chi connectivity index (χ1) is 18.0. The van der Waals surface area contributed by atoms with E-state index >= 15 is 0 Å². The number of fused-ring (bicyclic) bond motifs is 1. The molecule has 0 aliphatic carbocycles. The Balaban J connectivity index is 1.39. The topological polar surface area (TPSA) is 127 Å². The van der Waals surface area contributed by atoms with Gasteiger partial charge in [0, 0.05) is 26.6 Å². The summed E-state index contributed by atoms with van der Waals surface area (Å²) in [6.07, 6.45) is -0.495. The highest BCUT2D eigenvalue weighted by atomic mass is 16.6. The Labute approximate surface area is 220 Å². The van der Waals surface area contributed by atoms with Crippen LogP contribution in [0.25, 0.3) is 22.2 Å². The molecule has 200 valence electrons. The van der Waals surface area contributed by atoms with Crippen molar-refractivity contribution in [3.8, 4) is 17.2 Å². The van der Waals surface area contributed by atoms with Crippen LogP contribution in [-0.4, -0.2) is 58.9 Å². The van der Waals surface area contributed by atoms with Gasteiger partial charge in [0.25, 0.3) is 5.91 Å². The Morgan fingerprint density at radius 1 is 1.18 bits per heavy atom. The van der Waals surface area contributed by atoms with Gasteiger partial charge in [-0.1, -0.05) is 30.3 Å². The van der Waals surface area contributed by atoms with Gasteiger partial charge in [0.2, 0.25) is 0 Å². The van der Waals surface area contributed by atoms with Gasteiger partial charge in [-0.15, -0.1) is 0 Å². The standard InChI is InChI=1S/C28H32N4O6/c1-28(2,3)38-27(35)32-12-5-13-36-24(17-32)25(33)30-21(16-29)14-18-6-8-19(9-7-18)20-10-11-23-22(15-20)31(4)26(34)37-23/h6-11,15,21,24H,5,12-14,17H2,1-4H3,(H,30,33)/t21?,24-/m0/s1. The minimum Gasteiger partial charge on any atom is -0.444 e. The SMILES string of the molecule is Cn1c(=O)oc2ccc(-c3ccc(CC(C#N)NC(=O)[C@@H]4CN(C(=O)OC(C)(C)C)CCCO4)cc3)cc21. The van der Waals surface area contributed by atoms with Crippen molar-refractivity contribution < 1.29 is 23.5 Å². The second-order valence-corrected chi connectivity index (χ2v) is 10.3. The number of nitrogens with one attached hydrogen (secondary N) is 1. The smallest absolute Gasteiger partial charge is 0.419 e. The Hall–Kier alpha value is -4.10. The van der Waals surface area contributed by atoms with E-state index < -0.39 is 35.5 Å². The van der Waals surface area contributed by atoms with Crippen LogP contribution >= 0.6 is 0 Å². The van der Waals surface area contributed by atoms with Crippen molar-refractivity contribution in [1.29, 1.82) is 5.26 Å². The maximum atomic E-state index is 12.9. The van der Waals surface area contributed by atoms with Crippen LogP contribution in [0.4, 0.5) is 4.79 Å². The molecular formula is C28H32N4O6. The molecule has 1 aliphatic heterocycles. The lowest BCUT2D eigenvalue weighted by Gasteiger charge is -2.27. The van der Waals surface area contributed by atoms with E-state index in [2.05, 4.69) is 11.4 Å². The van der Waals surface area contributed by atoms with Crippen LogP contribution in [0.1, 0.15) is 32.8 Å². The second-order valence-electron chi connectivity index (χ2n) is 10.3. The van der Waals surface area contributed by atoms with Crippen molar-refractivity contribution in [2.45, 2.75) is 51.4 Å². The predicted molar refractivity (Wildman–Crippen MR) is 140 cm³/mol. The number of aryl methyl sites for hydroxylation is 1. The lowest BCUT2D eigenvalue weighted by atomic mass is 10.0. The van der Waals surface area contributed by atoms with E-state index in [1.54, 1.807) is 33.9 Å². The molecule has 1 unspecified atom stereocenters. The number of rotatable bonds is 5. The highest BCUT2D eigenvalue weighted by Gasteiger charge is 2.31. The van der Waals surface area contributed by atoms with Gasteiger partial charge in [-0.05, 0) is 56.0 Å². The zero-order valence-electron chi connectivity index (χ0n) is 22.0. The van der Waals surface area contributed by atoms with Crippen molar-refractivity contribution in [1.82, 2.24) is 14.8 Å². The molecule has 1 saturated heterocycles. The van der Waals surface area contributed by atoms with E-state index in [0.717, 1.165) is 16.7 Å². The summed E-state index contributed by atoms with van der Waals surface area (Å²) in [5, 5.41) is 12.4. The first kappa shape index (κ1) is 26.9. The van der Waals surface area contributed by atoms with Gasteiger partial charge in [0.1, 0.15) is 11.6 Å². The molecule has 0 saturated carbocycles. The summed E-state index contributed by atoms with van der Waals surface area (Å²) in [5.41, 5.74) is 3.32. The third kappa shape index (κ3) is 6.42. The average molecular weight is 521 g/mol.